The van der Waals surface area contributed by atoms with Gasteiger partial charge in [-0.2, -0.15) is 0 Å². The van der Waals surface area contributed by atoms with Gasteiger partial charge in [0.2, 0.25) is 0 Å². The lowest BCUT2D eigenvalue weighted by Crippen LogP contribution is -2.50. The Balaban J connectivity index is 1.48. The van der Waals surface area contributed by atoms with Crippen LogP contribution in [0.3, 0.4) is 0 Å². The molecule has 0 spiro atoms. The Hall–Kier alpha value is -0.260. The van der Waals surface area contributed by atoms with E-state index in [-0.39, 0.29) is 0 Å². The Bertz CT molecular complexity index is 585. The van der Waals surface area contributed by atoms with Gasteiger partial charge in [0.15, 0.2) is 0 Å². The first-order valence-electron chi connectivity index (χ1n) is 13.0. The van der Waals surface area contributed by atoms with E-state index in [1.807, 2.05) is 5.57 Å². The molecule has 3 saturated carbocycles. The zero-order valence-electron chi connectivity index (χ0n) is 19.9. The molecule has 0 aromatic carbocycles. The van der Waals surface area contributed by atoms with Crippen molar-refractivity contribution in [3.63, 3.8) is 0 Å². The average molecular weight is 385 g/mol. The van der Waals surface area contributed by atoms with Crippen molar-refractivity contribution < 1.29 is 0 Å². The predicted molar refractivity (Wildman–Crippen MR) is 122 cm³/mol. The van der Waals surface area contributed by atoms with Crippen molar-refractivity contribution in [1.82, 2.24) is 0 Å². The number of hydrogen-bond acceptors (Lipinski definition) is 0. The van der Waals surface area contributed by atoms with E-state index in [1.165, 1.54) is 70.6 Å². The van der Waals surface area contributed by atoms with E-state index in [4.69, 9.17) is 0 Å². The van der Waals surface area contributed by atoms with Crippen LogP contribution in [0.5, 0.6) is 0 Å². The molecule has 0 heterocycles. The highest BCUT2D eigenvalue weighted by molar-refractivity contribution is 5.24. The van der Waals surface area contributed by atoms with Gasteiger partial charge in [0, 0.05) is 0 Å². The molecule has 0 aromatic rings. The van der Waals surface area contributed by atoms with Gasteiger partial charge in [0.05, 0.1) is 0 Å². The highest BCUT2D eigenvalue weighted by Crippen LogP contribution is 2.67. The van der Waals surface area contributed by atoms with Gasteiger partial charge in [-0.1, -0.05) is 72.5 Å². The first-order chi connectivity index (χ1) is 13.3. The second-order valence-electron chi connectivity index (χ2n) is 12.5. The number of fused-ring (bicyclic) bond motifs is 5. The van der Waals surface area contributed by atoms with Crippen molar-refractivity contribution in [2.75, 3.05) is 0 Å². The highest BCUT2D eigenvalue weighted by Gasteiger charge is 2.58. The lowest BCUT2D eigenvalue weighted by molar-refractivity contribution is -0.0502. The molecule has 4 rings (SSSR count). The lowest BCUT2D eigenvalue weighted by Gasteiger charge is -2.58. The van der Waals surface area contributed by atoms with E-state index >= 15 is 0 Å². The summed E-state index contributed by atoms with van der Waals surface area (Å²) in [6.07, 6.45) is 19.0. The summed E-state index contributed by atoms with van der Waals surface area (Å²) < 4.78 is 0. The fraction of sp³-hybridized carbons (Fsp3) is 0.929. The van der Waals surface area contributed by atoms with Gasteiger partial charge in [0.25, 0.3) is 0 Å². The molecule has 0 amide bonds. The Morgan fingerprint density at radius 2 is 1.71 bits per heavy atom. The quantitative estimate of drug-likeness (QED) is 0.416. The SMILES string of the molecule is CC(C)C(C)CCC(C)C1CCC2C3CC=C4CCCCC4(C)C3CCC12C. The number of allylic oxidation sites excluding steroid dienone is 2. The standard InChI is InChI=1S/C28H48/c1-19(2)20(3)10-11-21(4)24-14-15-25-23-13-12-22-9-7-8-17-27(22,5)26(23)16-18-28(24,25)6/h12,19-21,23-26H,7-11,13-18H2,1-6H3. The topological polar surface area (TPSA) is 0 Å². The first kappa shape index (κ1) is 21.0. The maximum Gasteiger partial charge on any atom is -0.00853 e. The van der Waals surface area contributed by atoms with Gasteiger partial charge in [-0.25, -0.2) is 0 Å². The van der Waals surface area contributed by atoms with Crippen molar-refractivity contribution in [2.45, 2.75) is 112 Å². The molecule has 3 fully saturated rings. The Morgan fingerprint density at radius 1 is 0.929 bits per heavy atom. The van der Waals surface area contributed by atoms with E-state index < -0.39 is 0 Å². The maximum atomic E-state index is 2.74. The van der Waals surface area contributed by atoms with Gasteiger partial charge in [-0.15, -0.1) is 0 Å². The fourth-order valence-electron chi connectivity index (χ4n) is 8.73. The minimum absolute atomic E-state index is 0.568. The van der Waals surface area contributed by atoms with Crippen LogP contribution in [-0.2, 0) is 0 Å². The Labute approximate surface area is 176 Å². The predicted octanol–water partition coefficient (Wildman–Crippen LogP) is 8.66. The normalized spacial score (nSPS) is 45.0. The van der Waals surface area contributed by atoms with Crippen LogP contribution >= 0.6 is 0 Å². The molecule has 0 heteroatoms. The van der Waals surface area contributed by atoms with Crippen LogP contribution in [0.4, 0.5) is 0 Å². The van der Waals surface area contributed by atoms with Crippen molar-refractivity contribution in [2.24, 2.45) is 52.3 Å². The maximum absolute atomic E-state index is 2.74. The number of rotatable bonds is 5. The van der Waals surface area contributed by atoms with Gasteiger partial charge >= 0.3 is 0 Å². The fourth-order valence-corrected chi connectivity index (χ4v) is 8.73. The Kier molecular flexibility index (Phi) is 5.83. The molecule has 28 heavy (non-hydrogen) atoms. The molecule has 0 saturated heterocycles. The van der Waals surface area contributed by atoms with Crippen molar-refractivity contribution in [3.05, 3.63) is 11.6 Å². The molecule has 0 N–H and O–H groups in total. The molecule has 0 nitrogen and oxygen atoms in total. The van der Waals surface area contributed by atoms with Crippen LogP contribution in [0.15, 0.2) is 11.6 Å². The van der Waals surface area contributed by atoms with Gasteiger partial charge in [-0.05, 0) is 104 Å². The largest absolute Gasteiger partial charge is 0.0845 e. The van der Waals surface area contributed by atoms with E-state index in [9.17, 15) is 0 Å². The first-order valence-corrected chi connectivity index (χ1v) is 13.0. The van der Waals surface area contributed by atoms with Crippen LogP contribution in [0.25, 0.3) is 0 Å². The van der Waals surface area contributed by atoms with Crippen LogP contribution in [-0.4, -0.2) is 0 Å². The summed E-state index contributed by atoms with van der Waals surface area (Å²) >= 11 is 0. The summed E-state index contributed by atoms with van der Waals surface area (Å²) in [7, 11) is 0. The summed E-state index contributed by atoms with van der Waals surface area (Å²) in [4.78, 5) is 0. The van der Waals surface area contributed by atoms with E-state index in [0.29, 0.717) is 10.8 Å². The highest BCUT2D eigenvalue weighted by atomic mass is 14.6. The third kappa shape index (κ3) is 3.33. The molecule has 0 bridgehead atoms. The minimum Gasteiger partial charge on any atom is -0.0845 e. The summed E-state index contributed by atoms with van der Waals surface area (Å²) in [5.74, 6) is 6.65. The van der Waals surface area contributed by atoms with E-state index in [0.717, 1.165) is 41.4 Å². The number of hydrogen-bond donors (Lipinski definition) is 0. The third-order valence-electron chi connectivity index (χ3n) is 11.0. The minimum atomic E-state index is 0.568. The third-order valence-corrected chi connectivity index (χ3v) is 11.0. The van der Waals surface area contributed by atoms with Gasteiger partial charge in [-0.3, -0.25) is 0 Å². The van der Waals surface area contributed by atoms with Gasteiger partial charge < -0.3 is 0 Å². The van der Waals surface area contributed by atoms with Crippen LogP contribution < -0.4 is 0 Å². The molecular formula is C28H48. The lowest BCUT2D eigenvalue weighted by atomic mass is 9.47. The molecule has 0 radical (unpaired) electrons. The molecule has 0 aromatic heterocycles. The zero-order valence-corrected chi connectivity index (χ0v) is 19.9. The smallest absolute Gasteiger partial charge is 0.00853 e. The summed E-state index contributed by atoms with van der Waals surface area (Å²) in [6.45, 7) is 15.3. The monoisotopic (exact) mass is 384 g/mol. The summed E-state index contributed by atoms with van der Waals surface area (Å²) in [5.41, 5.74) is 3.07. The van der Waals surface area contributed by atoms with Crippen LogP contribution in [0.1, 0.15) is 112 Å². The molecule has 4 aliphatic carbocycles. The average Bonchev–Trinajstić information content (AvgIpc) is 3.02. The second kappa shape index (κ2) is 7.77. The molecule has 8 unspecified atom stereocenters. The van der Waals surface area contributed by atoms with E-state index in [1.54, 1.807) is 0 Å². The molecule has 8 atom stereocenters. The second-order valence-corrected chi connectivity index (χ2v) is 12.5. The summed E-state index contributed by atoms with van der Waals surface area (Å²) in [5, 5.41) is 0. The van der Waals surface area contributed by atoms with Gasteiger partial charge in [0.1, 0.15) is 0 Å². The van der Waals surface area contributed by atoms with Crippen LogP contribution in [0, 0.1) is 52.3 Å². The molecular weight excluding hydrogens is 336 g/mol. The van der Waals surface area contributed by atoms with Crippen LogP contribution in [0.2, 0.25) is 0 Å². The van der Waals surface area contributed by atoms with Crippen molar-refractivity contribution in [3.8, 4) is 0 Å². The zero-order chi connectivity index (χ0) is 20.1. The summed E-state index contributed by atoms with van der Waals surface area (Å²) in [6, 6.07) is 0. The Morgan fingerprint density at radius 3 is 2.46 bits per heavy atom. The molecule has 160 valence electrons. The molecule has 0 aliphatic heterocycles. The van der Waals surface area contributed by atoms with E-state index in [2.05, 4.69) is 47.6 Å². The molecule has 4 aliphatic rings. The van der Waals surface area contributed by atoms with Crippen molar-refractivity contribution in [1.29, 1.82) is 0 Å². The van der Waals surface area contributed by atoms with Crippen molar-refractivity contribution >= 4 is 0 Å².